The minimum atomic E-state index is -1.25. The molecule has 0 fully saturated rings. The first-order chi connectivity index (χ1) is 15.4. The van der Waals surface area contributed by atoms with E-state index >= 15 is 0 Å². The molecule has 168 valence electrons. The number of nitrogens with zero attached hydrogens (tertiary/aromatic N) is 2. The van der Waals surface area contributed by atoms with Gasteiger partial charge in [-0.15, -0.1) is 0 Å². The van der Waals surface area contributed by atoms with Crippen molar-refractivity contribution in [2.45, 2.75) is 12.6 Å². The largest absolute Gasteiger partial charge is 0.352 e. The Morgan fingerprint density at radius 1 is 0.656 bits per heavy atom. The fourth-order valence-electron chi connectivity index (χ4n) is 3.91. The lowest BCUT2D eigenvalue weighted by Crippen LogP contribution is -2.47. The summed E-state index contributed by atoms with van der Waals surface area (Å²) in [4.78, 5) is 62.1. The third kappa shape index (κ3) is 3.17. The molecule has 2 atom stereocenters. The van der Waals surface area contributed by atoms with Gasteiger partial charge in [-0.05, 0) is 24.3 Å². The maximum atomic E-state index is 13.0. The molecule has 0 aliphatic carbocycles. The molecule has 2 aliphatic heterocycles. The van der Waals surface area contributed by atoms with Crippen LogP contribution in [0.5, 0.6) is 0 Å². The summed E-state index contributed by atoms with van der Waals surface area (Å²) in [5.74, 6) is -2.77. The van der Waals surface area contributed by atoms with E-state index < -0.39 is 36.2 Å². The van der Waals surface area contributed by atoms with Gasteiger partial charge in [0, 0.05) is 47.2 Å². The molecule has 2 aromatic carbocycles. The van der Waals surface area contributed by atoms with Gasteiger partial charge >= 0.3 is 0 Å². The quantitative estimate of drug-likeness (QED) is 0.259. The van der Waals surface area contributed by atoms with E-state index in [1.165, 1.54) is 38.5 Å². The number of amides is 4. The lowest BCUT2D eigenvalue weighted by molar-refractivity contribution is -0.340. The summed E-state index contributed by atoms with van der Waals surface area (Å²) < 4.78 is 9.73. The van der Waals surface area contributed by atoms with E-state index in [1.807, 2.05) is 0 Å². The first-order valence-electron chi connectivity index (χ1n) is 9.36. The van der Waals surface area contributed by atoms with Gasteiger partial charge in [0.1, 0.15) is 0 Å². The summed E-state index contributed by atoms with van der Waals surface area (Å²) in [6, 6.07) is 5.54. The molecule has 4 rings (SSSR count). The van der Waals surface area contributed by atoms with Gasteiger partial charge in [-0.2, -0.15) is 0 Å². The number of imide groups is 2. The number of carbonyl (C=O) groups excluding carboxylic acids is 4. The van der Waals surface area contributed by atoms with Gasteiger partial charge in [0.15, 0.2) is 0 Å². The van der Waals surface area contributed by atoms with Crippen LogP contribution in [0.15, 0.2) is 24.3 Å². The van der Waals surface area contributed by atoms with Crippen molar-refractivity contribution in [1.29, 1.82) is 0 Å². The van der Waals surface area contributed by atoms with Crippen LogP contribution in [0.3, 0.4) is 0 Å². The van der Waals surface area contributed by atoms with E-state index in [9.17, 15) is 19.2 Å². The fraction of sp³-hybridized carbons (Fsp3) is 0.300. The second-order valence-corrected chi connectivity index (χ2v) is 7.05. The third-order valence-electron chi connectivity index (χ3n) is 5.49. The van der Waals surface area contributed by atoms with Crippen molar-refractivity contribution >= 4 is 34.4 Å². The average Bonchev–Trinajstić information content (AvgIpc) is 2.81. The second-order valence-electron chi connectivity index (χ2n) is 7.05. The molecule has 0 saturated carbocycles. The first-order valence-corrected chi connectivity index (χ1v) is 9.36. The van der Waals surface area contributed by atoms with Crippen LogP contribution in [0, 0.1) is 0 Å². The fourth-order valence-corrected chi connectivity index (χ4v) is 3.91. The first kappa shape index (κ1) is 22.0. The molecular weight excluding hydrogens is 428 g/mol. The minimum Gasteiger partial charge on any atom is -0.352 e. The highest BCUT2D eigenvalue weighted by atomic mass is 17.1. The van der Waals surface area contributed by atoms with Crippen molar-refractivity contribution in [2.24, 2.45) is 0 Å². The Labute approximate surface area is 180 Å². The smallest absolute Gasteiger partial charge is 0.261 e. The minimum absolute atomic E-state index is 0.107. The topological polar surface area (TPSA) is 152 Å². The zero-order chi connectivity index (χ0) is 23.2. The molecule has 0 bridgehead atoms. The van der Waals surface area contributed by atoms with Gasteiger partial charge in [0.2, 0.25) is 12.6 Å². The molecule has 32 heavy (non-hydrogen) atoms. The van der Waals surface area contributed by atoms with Crippen LogP contribution >= 0.6 is 0 Å². The van der Waals surface area contributed by atoms with Crippen molar-refractivity contribution in [3.8, 4) is 0 Å². The normalized spacial score (nSPS) is 17.4. The molecule has 12 nitrogen and oxygen atoms in total. The lowest BCUT2D eigenvalue weighted by Gasteiger charge is -2.33. The second kappa shape index (κ2) is 8.35. The number of ether oxygens (including phenoxy) is 2. The van der Waals surface area contributed by atoms with Crippen LogP contribution in [0.25, 0.3) is 10.8 Å². The maximum Gasteiger partial charge on any atom is 0.261 e. The van der Waals surface area contributed by atoms with E-state index in [4.69, 9.17) is 20.0 Å². The van der Waals surface area contributed by atoms with Crippen LogP contribution in [0.2, 0.25) is 0 Å². The van der Waals surface area contributed by atoms with Gasteiger partial charge in [-0.1, -0.05) is 0 Å². The lowest BCUT2D eigenvalue weighted by atomic mass is 9.86. The zero-order valence-electron chi connectivity index (χ0n) is 16.9. The predicted molar refractivity (Wildman–Crippen MR) is 104 cm³/mol. The van der Waals surface area contributed by atoms with E-state index in [1.54, 1.807) is 0 Å². The Bertz CT molecular complexity index is 980. The number of methoxy groups -OCH3 is 2. The summed E-state index contributed by atoms with van der Waals surface area (Å²) in [6.45, 7) is -0.749. The zero-order valence-corrected chi connectivity index (χ0v) is 16.9. The Balaban J connectivity index is 1.84. The molecule has 2 aromatic rings. The van der Waals surface area contributed by atoms with E-state index in [-0.39, 0.29) is 46.1 Å². The van der Waals surface area contributed by atoms with Crippen molar-refractivity contribution in [3.05, 3.63) is 46.5 Å². The summed E-state index contributed by atoms with van der Waals surface area (Å²) >= 11 is 0. The molecular formula is C20H18N2O10. The Hall–Kier alpha value is -3.26. The monoisotopic (exact) mass is 446 g/mol. The predicted octanol–water partition coefficient (Wildman–Crippen LogP) is 0.956. The molecule has 12 heteroatoms. The van der Waals surface area contributed by atoms with E-state index in [2.05, 4.69) is 9.78 Å². The van der Waals surface area contributed by atoms with Crippen LogP contribution in [-0.2, 0) is 19.2 Å². The summed E-state index contributed by atoms with van der Waals surface area (Å²) in [7, 11) is 2.47. The molecule has 0 saturated heterocycles. The van der Waals surface area contributed by atoms with Crippen LogP contribution < -0.4 is 0 Å². The number of hydrogen-bond acceptors (Lipinski definition) is 10. The SMILES string of the molecule is COC(CN1C(=O)c2ccc3c4c(ccc(c24)C1=O)C(=O)N(CC(OC)OO)C3=O)OO. The molecule has 2 heterocycles. The molecule has 4 amide bonds. The molecule has 0 spiro atoms. The molecule has 2 unspecified atom stereocenters. The standard InChI is InChI=1S/C20H18N2O10/c1-29-13(31-27)7-21-17(23)9-3-5-11-16-12(6-4-10(15(9)16)18(21)24)20(26)22(19(11)25)8-14(30-2)32-28/h3-6,13-14,27-28H,7-8H2,1-2H3. The maximum absolute atomic E-state index is 13.0. The van der Waals surface area contributed by atoms with Crippen molar-refractivity contribution in [3.63, 3.8) is 0 Å². The van der Waals surface area contributed by atoms with Gasteiger partial charge < -0.3 is 9.47 Å². The molecule has 2 N–H and O–H groups in total. The number of benzene rings is 2. The van der Waals surface area contributed by atoms with Crippen LogP contribution in [0.4, 0.5) is 0 Å². The summed E-state index contributed by atoms with van der Waals surface area (Å²) in [6.07, 6.45) is -2.51. The van der Waals surface area contributed by atoms with Gasteiger partial charge in [0.05, 0.1) is 13.1 Å². The van der Waals surface area contributed by atoms with Gasteiger partial charge in [0.25, 0.3) is 23.6 Å². The molecule has 0 radical (unpaired) electrons. The van der Waals surface area contributed by atoms with Gasteiger partial charge in [-0.3, -0.25) is 29.0 Å². The Kier molecular flexibility index (Phi) is 5.73. The highest BCUT2D eigenvalue weighted by Gasteiger charge is 2.41. The Morgan fingerprint density at radius 3 is 1.16 bits per heavy atom. The summed E-state index contributed by atoms with van der Waals surface area (Å²) in [5, 5.41) is 18.1. The number of hydrogen-bond donors (Lipinski definition) is 2. The number of rotatable bonds is 8. The average molecular weight is 446 g/mol. The van der Waals surface area contributed by atoms with Crippen LogP contribution in [0.1, 0.15) is 41.4 Å². The third-order valence-corrected chi connectivity index (χ3v) is 5.49. The summed E-state index contributed by atoms with van der Waals surface area (Å²) in [5.41, 5.74) is 0.428. The van der Waals surface area contributed by atoms with Crippen LogP contribution in [-0.4, -0.2) is 83.8 Å². The van der Waals surface area contributed by atoms with E-state index in [0.29, 0.717) is 0 Å². The highest BCUT2D eigenvalue weighted by molar-refractivity contribution is 6.33. The molecule has 2 aliphatic rings. The van der Waals surface area contributed by atoms with Crippen molar-refractivity contribution in [1.82, 2.24) is 9.80 Å². The Morgan fingerprint density at radius 2 is 0.938 bits per heavy atom. The molecule has 0 aromatic heterocycles. The highest BCUT2D eigenvalue weighted by Crippen LogP contribution is 2.38. The van der Waals surface area contributed by atoms with Crippen molar-refractivity contribution in [2.75, 3.05) is 27.3 Å². The number of carbonyl (C=O) groups is 4. The van der Waals surface area contributed by atoms with Crippen molar-refractivity contribution < 1.29 is 48.9 Å². The van der Waals surface area contributed by atoms with E-state index in [0.717, 1.165) is 9.80 Å². The van der Waals surface area contributed by atoms with Gasteiger partial charge in [-0.25, -0.2) is 20.3 Å².